The SMILES string of the molecule is C=CCC(CCl)CCSC(C)C. The van der Waals surface area contributed by atoms with E-state index in [2.05, 4.69) is 20.4 Å². The van der Waals surface area contributed by atoms with Gasteiger partial charge < -0.3 is 0 Å². The Morgan fingerprint density at radius 2 is 2.17 bits per heavy atom. The van der Waals surface area contributed by atoms with E-state index in [0.29, 0.717) is 5.92 Å². The third-order valence-electron chi connectivity index (χ3n) is 1.70. The van der Waals surface area contributed by atoms with Crippen molar-refractivity contribution >= 4 is 23.4 Å². The number of hydrogen-bond acceptors (Lipinski definition) is 1. The van der Waals surface area contributed by atoms with Crippen LogP contribution in [0.2, 0.25) is 0 Å². The van der Waals surface area contributed by atoms with Crippen LogP contribution in [0.4, 0.5) is 0 Å². The molecular weight excluding hydrogens is 188 g/mol. The molecule has 72 valence electrons. The number of alkyl halides is 1. The Morgan fingerprint density at radius 1 is 1.50 bits per heavy atom. The standard InChI is InChI=1S/C10H19ClS/c1-4-5-10(8-11)6-7-12-9(2)3/h4,9-10H,1,5-8H2,2-3H3. The largest absolute Gasteiger partial charge is 0.159 e. The maximum atomic E-state index is 5.80. The van der Waals surface area contributed by atoms with Crippen molar-refractivity contribution in [2.45, 2.75) is 31.9 Å². The lowest BCUT2D eigenvalue weighted by molar-refractivity contribution is 0.584. The van der Waals surface area contributed by atoms with Crippen LogP contribution in [0.25, 0.3) is 0 Å². The van der Waals surface area contributed by atoms with Crippen LogP contribution in [0.3, 0.4) is 0 Å². The molecule has 0 aliphatic carbocycles. The second-order valence-corrected chi connectivity index (χ2v) is 5.25. The summed E-state index contributed by atoms with van der Waals surface area (Å²) in [5.41, 5.74) is 0. The third kappa shape index (κ3) is 7.05. The van der Waals surface area contributed by atoms with Gasteiger partial charge in [-0.05, 0) is 29.8 Å². The molecule has 0 aromatic heterocycles. The van der Waals surface area contributed by atoms with Gasteiger partial charge in [-0.15, -0.1) is 18.2 Å². The second-order valence-electron chi connectivity index (χ2n) is 3.25. The molecule has 0 saturated carbocycles. The van der Waals surface area contributed by atoms with Crippen LogP contribution in [0.1, 0.15) is 26.7 Å². The molecule has 0 bridgehead atoms. The van der Waals surface area contributed by atoms with Crippen LogP contribution in [0, 0.1) is 5.92 Å². The molecule has 2 heteroatoms. The topological polar surface area (TPSA) is 0 Å². The lowest BCUT2D eigenvalue weighted by atomic mass is 10.1. The van der Waals surface area contributed by atoms with Gasteiger partial charge in [0.25, 0.3) is 0 Å². The van der Waals surface area contributed by atoms with E-state index in [0.717, 1.165) is 17.6 Å². The summed E-state index contributed by atoms with van der Waals surface area (Å²) in [7, 11) is 0. The van der Waals surface area contributed by atoms with E-state index < -0.39 is 0 Å². The quantitative estimate of drug-likeness (QED) is 0.449. The average molecular weight is 207 g/mol. The van der Waals surface area contributed by atoms with Crippen molar-refractivity contribution < 1.29 is 0 Å². The molecular formula is C10H19ClS. The number of hydrogen-bond donors (Lipinski definition) is 0. The average Bonchev–Trinajstić information content (AvgIpc) is 2.02. The Kier molecular flexibility index (Phi) is 8.25. The second kappa shape index (κ2) is 8.00. The van der Waals surface area contributed by atoms with Crippen molar-refractivity contribution in [3.63, 3.8) is 0 Å². The van der Waals surface area contributed by atoms with Gasteiger partial charge in [-0.2, -0.15) is 11.8 Å². The molecule has 0 aliphatic rings. The normalized spacial score (nSPS) is 13.3. The summed E-state index contributed by atoms with van der Waals surface area (Å²) in [4.78, 5) is 0. The maximum absolute atomic E-state index is 5.80. The highest BCUT2D eigenvalue weighted by atomic mass is 35.5. The smallest absolute Gasteiger partial charge is 0.0255 e. The van der Waals surface area contributed by atoms with Crippen LogP contribution in [-0.4, -0.2) is 16.9 Å². The van der Waals surface area contributed by atoms with E-state index in [1.807, 2.05) is 17.8 Å². The molecule has 1 unspecified atom stereocenters. The zero-order valence-corrected chi connectivity index (χ0v) is 9.63. The molecule has 0 nitrogen and oxygen atoms in total. The van der Waals surface area contributed by atoms with E-state index in [9.17, 15) is 0 Å². The minimum Gasteiger partial charge on any atom is -0.159 e. The first-order chi connectivity index (χ1) is 5.70. The summed E-state index contributed by atoms with van der Waals surface area (Å²) in [6, 6.07) is 0. The molecule has 0 N–H and O–H groups in total. The van der Waals surface area contributed by atoms with Crippen molar-refractivity contribution in [1.29, 1.82) is 0 Å². The van der Waals surface area contributed by atoms with E-state index in [1.54, 1.807) is 0 Å². The van der Waals surface area contributed by atoms with Crippen molar-refractivity contribution in [3.8, 4) is 0 Å². The number of halogens is 1. The minimum absolute atomic E-state index is 0.635. The van der Waals surface area contributed by atoms with Gasteiger partial charge in [-0.25, -0.2) is 0 Å². The molecule has 0 aromatic rings. The highest BCUT2D eigenvalue weighted by Crippen LogP contribution is 2.17. The highest BCUT2D eigenvalue weighted by molar-refractivity contribution is 7.99. The van der Waals surface area contributed by atoms with Crippen LogP contribution < -0.4 is 0 Å². The fourth-order valence-electron chi connectivity index (χ4n) is 0.964. The van der Waals surface area contributed by atoms with Crippen LogP contribution >= 0.6 is 23.4 Å². The van der Waals surface area contributed by atoms with E-state index in [4.69, 9.17) is 11.6 Å². The molecule has 0 amide bonds. The van der Waals surface area contributed by atoms with Crippen molar-refractivity contribution in [2.75, 3.05) is 11.6 Å². The summed E-state index contributed by atoms with van der Waals surface area (Å²) < 4.78 is 0. The van der Waals surface area contributed by atoms with E-state index in [1.165, 1.54) is 12.2 Å². The van der Waals surface area contributed by atoms with E-state index >= 15 is 0 Å². The zero-order chi connectivity index (χ0) is 9.40. The molecule has 0 aliphatic heterocycles. The van der Waals surface area contributed by atoms with Crippen molar-refractivity contribution in [1.82, 2.24) is 0 Å². The van der Waals surface area contributed by atoms with Gasteiger partial charge >= 0.3 is 0 Å². The van der Waals surface area contributed by atoms with E-state index in [-0.39, 0.29) is 0 Å². The van der Waals surface area contributed by atoms with Gasteiger partial charge in [0.15, 0.2) is 0 Å². The molecule has 0 radical (unpaired) electrons. The van der Waals surface area contributed by atoms with Gasteiger partial charge in [0.1, 0.15) is 0 Å². The zero-order valence-electron chi connectivity index (χ0n) is 8.05. The summed E-state index contributed by atoms with van der Waals surface area (Å²) in [6.07, 6.45) is 4.24. The first kappa shape index (κ1) is 12.4. The van der Waals surface area contributed by atoms with Gasteiger partial charge in [0, 0.05) is 5.88 Å². The van der Waals surface area contributed by atoms with Gasteiger partial charge in [0.05, 0.1) is 0 Å². The van der Waals surface area contributed by atoms with Crippen LogP contribution in [0.5, 0.6) is 0 Å². The minimum atomic E-state index is 0.635. The lowest BCUT2D eigenvalue weighted by Gasteiger charge is -2.11. The van der Waals surface area contributed by atoms with Gasteiger partial charge in [0.2, 0.25) is 0 Å². The molecule has 1 atom stereocenters. The lowest BCUT2D eigenvalue weighted by Crippen LogP contribution is -2.03. The van der Waals surface area contributed by atoms with Crippen LogP contribution in [0.15, 0.2) is 12.7 Å². The first-order valence-electron chi connectivity index (χ1n) is 4.49. The monoisotopic (exact) mass is 206 g/mol. The fourth-order valence-corrected chi connectivity index (χ4v) is 2.19. The Labute approximate surface area is 85.8 Å². The van der Waals surface area contributed by atoms with Gasteiger partial charge in [-0.3, -0.25) is 0 Å². The molecule has 0 fully saturated rings. The van der Waals surface area contributed by atoms with Crippen molar-refractivity contribution in [3.05, 3.63) is 12.7 Å². The Balaban J connectivity index is 3.37. The summed E-state index contributed by atoms with van der Waals surface area (Å²) in [5, 5.41) is 0.740. The van der Waals surface area contributed by atoms with Crippen molar-refractivity contribution in [2.24, 2.45) is 5.92 Å². The van der Waals surface area contributed by atoms with Crippen LogP contribution in [-0.2, 0) is 0 Å². The highest BCUT2D eigenvalue weighted by Gasteiger charge is 2.05. The predicted octanol–water partition coefficient (Wildman–Crippen LogP) is 3.95. The fraction of sp³-hybridized carbons (Fsp3) is 0.800. The molecule has 0 spiro atoms. The predicted molar refractivity (Wildman–Crippen MR) is 61.2 cm³/mol. The third-order valence-corrected chi connectivity index (χ3v) is 3.27. The molecule has 0 heterocycles. The Morgan fingerprint density at radius 3 is 2.58 bits per heavy atom. The number of thioether (sulfide) groups is 1. The molecule has 0 aromatic carbocycles. The Bertz CT molecular complexity index is 112. The summed E-state index contributed by atoms with van der Waals surface area (Å²) in [6.45, 7) is 8.19. The Hall–Kier alpha value is 0.380. The summed E-state index contributed by atoms with van der Waals surface area (Å²) in [5.74, 6) is 2.63. The maximum Gasteiger partial charge on any atom is 0.0255 e. The first-order valence-corrected chi connectivity index (χ1v) is 6.07. The molecule has 0 saturated heterocycles. The summed E-state index contributed by atoms with van der Waals surface area (Å²) >= 11 is 7.81. The molecule has 0 rings (SSSR count). The van der Waals surface area contributed by atoms with Gasteiger partial charge in [-0.1, -0.05) is 19.9 Å². The number of allylic oxidation sites excluding steroid dienone is 1. The molecule has 12 heavy (non-hydrogen) atoms. The number of rotatable bonds is 7.